The minimum Gasteiger partial charge on any atom is -0.384 e. The molecule has 4 heteroatoms. The maximum Gasteiger partial charge on any atom is 0.121 e. The van der Waals surface area contributed by atoms with Crippen molar-refractivity contribution in [2.75, 3.05) is 24.7 Å². The molecule has 1 heterocycles. The van der Waals surface area contributed by atoms with Gasteiger partial charge in [0.1, 0.15) is 5.82 Å². The molecule has 4 nitrogen and oxygen atoms in total. The molecule has 1 aromatic heterocycles. The molecule has 84 valence electrons. The van der Waals surface area contributed by atoms with Gasteiger partial charge in [-0.1, -0.05) is 12.1 Å². The largest absolute Gasteiger partial charge is 0.384 e. The fourth-order valence-corrected chi connectivity index (χ4v) is 1.55. The first kappa shape index (κ1) is 10.5. The molecular weight excluding hydrogens is 200 g/mol. The van der Waals surface area contributed by atoms with Crippen molar-refractivity contribution in [3.05, 3.63) is 30.3 Å². The van der Waals surface area contributed by atoms with Crippen molar-refractivity contribution in [1.29, 1.82) is 0 Å². The summed E-state index contributed by atoms with van der Waals surface area (Å²) in [5.41, 5.74) is 8.91. The van der Waals surface area contributed by atoms with Gasteiger partial charge in [-0.2, -0.15) is 5.10 Å². The Morgan fingerprint density at radius 2 is 1.81 bits per heavy atom. The van der Waals surface area contributed by atoms with Crippen molar-refractivity contribution in [3.63, 3.8) is 0 Å². The average molecular weight is 216 g/mol. The van der Waals surface area contributed by atoms with E-state index in [0.29, 0.717) is 5.82 Å². The van der Waals surface area contributed by atoms with Crippen LogP contribution in [0.4, 0.5) is 11.5 Å². The molecule has 2 N–H and O–H groups in total. The maximum absolute atomic E-state index is 5.75. The molecule has 2 aromatic rings. The highest BCUT2D eigenvalue weighted by atomic mass is 15.3. The summed E-state index contributed by atoms with van der Waals surface area (Å²) in [5.74, 6) is 0.673. The number of hydrogen-bond donors (Lipinski definition) is 1. The molecule has 16 heavy (non-hydrogen) atoms. The van der Waals surface area contributed by atoms with Crippen LogP contribution in [0.25, 0.3) is 11.3 Å². The Bertz CT molecular complexity index is 463. The Balaban J connectivity index is 2.34. The van der Waals surface area contributed by atoms with E-state index >= 15 is 0 Å². The summed E-state index contributed by atoms with van der Waals surface area (Å²) in [5, 5.41) is 4.33. The zero-order valence-corrected chi connectivity index (χ0v) is 9.81. The molecule has 0 atom stereocenters. The second-order valence-corrected chi connectivity index (χ2v) is 4.02. The number of nitrogen functional groups attached to an aromatic ring is 1. The highest BCUT2D eigenvalue weighted by Gasteiger charge is 2.04. The van der Waals surface area contributed by atoms with Gasteiger partial charge in [0, 0.05) is 38.5 Å². The minimum atomic E-state index is 0.673. The van der Waals surface area contributed by atoms with Gasteiger partial charge in [-0.05, 0) is 12.1 Å². The number of aromatic nitrogens is 2. The molecule has 0 aliphatic rings. The topological polar surface area (TPSA) is 47.1 Å². The Kier molecular flexibility index (Phi) is 2.56. The Labute approximate surface area is 95.3 Å². The van der Waals surface area contributed by atoms with E-state index in [-0.39, 0.29) is 0 Å². The molecule has 0 bridgehead atoms. The molecule has 0 saturated heterocycles. The van der Waals surface area contributed by atoms with E-state index in [2.05, 4.69) is 34.3 Å². The van der Waals surface area contributed by atoms with Crippen LogP contribution in [0.1, 0.15) is 0 Å². The summed E-state index contributed by atoms with van der Waals surface area (Å²) in [7, 11) is 5.88. The van der Waals surface area contributed by atoms with Gasteiger partial charge in [0.2, 0.25) is 0 Å². The van der Waals surface area contributed by atoms with Crippen LogP contribution in [0.2, 0.25) is 0 Å². The van der Waals surface area contributed by atoms with Crippen LogP contribution in [0.3, 0.4) is 0 Å². The SMILES string of the molecule is CN(C)c1ccc(-c2cc(N)n(C)n2)cc1. The van der Waals surface area contributed by atoms with Crippen LogP contribution >= 0.6 is 0 Å². The van der Waals surface area contributed by atoms with Crippen LogP contribution in [-0.2, 0) is 7.05 Å². The average Bonchev–Trinajstić information content (AvgIpc) is 2.59. The third-order valence-corrected chi connectivity index (χ3v) is 2.60. The van der Waals surface area contributed by atoms with Gasteiger partial charge >= 0.3 is 0 Å². The Morgan fingerprint density at radius 1 is 1.19 bits per heavy atom. The van der Waals surface area contributed by atoms with Crippen molar-refractivity contribution in [2.45, 2.75) is 0 Å². The number of rotatable bonds is 2. The van der Waals surface area contributed by atoms with Gasteiger partial charge in [0.25, 0.3) is 0 Å². The van der Waals surface area contributed by atoms with E-state index in [1.54, 1.807) is 4.68 Å². The van der Waals surface area contributed by atoms with Gasteiger partial charge in [-0.3, -0.25) is 4.68 Å². The van der Waals surface area contributed by atoms with E-state index in [1.165, 1.54) is 5.69 Å². The van der Waals surface area contributed by atoms with E-state index < -0.39 is 0 Å². The summed E-state index contributed by atoms with van der Waals surface area (Å²) in [6.07, 6.45) is 0. The standard InChI is InChI=1S/C12H16N4/c1-15(2)10-6-4-9(5-7-10)11-8-12(13)16(3)14-11/h4-8H,13H2,1-3H3. The van der Waals surface area contributed by atoms with Gasteiger partial charge in [-0.25, -0.2) is 0 Å². The van der Waals surface area contributed by atoms with Gasteiger partial charge in [0.05, 0.1) is 5.69 Å². The van der Waals surface area contributed by atoms with E-state index in [9.17, 15) is 0 Å². The minimum absolute atomic E-state index is 0.673. The number of nitrogens with zero attached hydrogens (tertiary/aromatic N) is 3. The van der Waals surface area contributed by atoms with Crippen LogP contribution in [0.15, 0.2) is 30.3 Å². The Hall–Kier alpha value is -1.97. The predicted octanol–water partition coefficient (Wildman–Crippen LogP) is 1.74. The molecule has 0 radical (unpaired) electrons. The molecule has 0 amide bonds. The quantitative estimate of drug-likeness (QED) is 0.831. The zero-order chi connectivity index (χ0) is 11.7. The van der Waals surface area contributed by atoms with Crippen molar-refractivity contribution >= 4 is 11.5 Å². The van der Waals surface area contributed by atoms with Crippen LogP contribution in [0, 0.1) is 0 Å². The molecule has 0 fully saturated rings. The summed E-state index contributed by atoms with van der Waals surface area (Å²) in [4.78, 5) is 2.07. The van der Waals surface area contributed by atoms with E-state index in [0.717, 1.165) is 11.3 Å². The predicted molar refractivity (Wildman–Crippen MR) is 67.4 cm³/mol. The van der Waals surface area contributed by atoms with Crippen LogP contribution < -0.4 is 10.6 Å². The molecule has 0 spiro atoms. The summed E-state index contributed by atoms with van der Waals surface area (Å²) >= 11 is 0. The van der Waals surface area contributed by atoms with Crippen molar-refractivity contribution in [2.24, 2.45) is 7.05 Å². The fourth-order valence-electron chi connectivity index (χ4n) is 1.55. The number of benzene rings is 1. The summed E-state index contributed by atoms with van der Waals surface area (Å²) < 4.78 is 1.68. The first-order valence-electron chi connectivity index (χ1n) is 5.15. The van der Waals surface area contributed by atoms with E-state index in [4.69, 9.17) is 5.73 Å². The molecule has 0 saturated carbocycles. The third kappa shape index (κ3) is 1.86. The lowest BCUT2D eigenvalue weighted by atomic mass is 10.1. The smallest absolute Gasteiger partial charge is 0.121 e. The van der Waals surface area contributed by atoms with Crippen LogP contribution in [-0.4, -0.2) is 23.9 Å². The molecule has 1 aromatic carbocycles. The van der Waals surface area contributed by atoms with Crippen molar-refractivity contribution in [1.82, 2.24) is 9.78 Å². The molecular formula is C12H16N4. The van der Waals surface area contributed by atoms with Crippen LogP contribution in [0.5, 0.6) is 0 Å². The normalized spacial score (nSPS) is 10.4. The number of nitrogens with two attached hydrogens (primary N) is 1. The molecule has 2 rings (SSSR count). The first-order valence-corrected chi connectivity index (χ1v) is 5.15. The fraction of sp³-hybridized carbons (Fsp3) is 0.250. The zero-order valence-electron chi connectivity index (χ0n) is 9.81. The molecule has 0 aliphatic heterocycles. The van der Waals surface area contributed by atoms with Gasteiger partial charge in [0.15, 0.2) is 0 Å². The first-order chi connectivity index (χ1) is 7.58. The third-order valence-electron chi connectivity index (χ3n) is 2.60. The Morgan fingerprint density at radius 3 is 2.25 bits per heavy atom. The van der Waals surface area contributed by atoms with Gasteiger partial charge < -0.3 is 10.6 Å². The number of anilines is 2. The monoisotopic (exact) mass is 216 g/mol. The number of hydrogen-bond acceptors (Lipinski definition) is 3. The lowest BCUT2D eigenvalue weighted by Crippen LogP contribution is -2.07. The lowest BCUT2D eigenvalue weighted by Gasteiger charge is -2.12. The molecule has 0 unspecified atom stereocenters. The van der Waals surface area contributed by atoms with Crippen molar-refractivity contribution < 1.29 is 0 Å². The van der Waals surface area contributed by atoms with Gasteiger partial charge in [-0.15, -0.1) is 0 Å². The second kappa shape index (κ2) is 3.89. The van der Waals surface area contributed by atoms with E-state index in [1.807, 2.05) is 27.2 Å². The summed E-state index contributed by atoms with van der Waals surface area (Å²) in [6, 6.07) is 10.1. The highest BCUT2D eigenvalue weighted by molar-refractivity contribution is 5.65. The summed E-state index contributed by atoms with van der Waals surface area (Å²) in [6.45, 7) is 0. The highest BCUT2D eigenvalue weighted by Crippen LogP contribution is 2.22. The maximum atomic E-state index is 5.75. The van der Waals surface area contributed by atoms with Crippen molar-refractivity contribution in [3.8, 4) is 11.3 Å². The lowest BCUT2D eigenvalue weighted by molar-refractivity contribution is 0.782. The second-order valence-electron chi connectivity index (χ2n) is 4.02. The molecule has 0 aliphatic carbocycles. The number of aryl methyl sites for hydroxylation is 1.